The van der Waals surface area contributed by atoms with Gasteiger partial charge < -0.3 is 16.0 Å². The van der Waals surface area contributed by atoms with Crippen LogP contribution in [0.1, 0.15) is 44.2 Å². The standard InChI is InChI=1S/C23H36IN5O2/c1-17-4-3-5-18(2)29(17)15-20-8-6-19(7-9-20)14-21(26-23(24)31)22(30)28-12-10-27(16-25)11-13-28/h6-9,17-18,21H,3-5,10-16,25H2,1-2H3,(H,26,31)/t17-,18+,21-/m1/s1. The fourth-order valence-corrected chi connectivity index (χ4v) is 5.10. The van der Waals surface area contributed by atoms with E-state index >= 15 is 0 Å². The van der Waals surface area contributed by atoms with E-state index in [1.54, 1.807) is 22.6 Å². The molecule has 1 aromatic carbocycles. The summed E-state index contributed by atoms with van der Waals surface area (Å²) in [6.07, 6.45) is 4.35. The number of halogens is 1. The molecule has 0 bridgehead atoms. The zero-order chi connectivity index (χ0) is 22.4. The Kier molecular flexibility index (Phi) is 9.12. The second kappa shape index (κ2) is 11.6. The van der Waals surface area contributed by atoms with Crippen molar-refractivity contribution in [1.82, 2.24) is 20.0 Å². The first-order valence-electron chi connectivity index (χ1n) is 11.4. The van der Waals surface area contributed by atoms with Crippen molar-refractivity contribution in [3.63, 3.8) is 0 Å². The molecule has 2 saturated heterocycles. The molecule has 3 N–H and O–H groups in total. The van der Waals surface area contributed by atoms with E-state index in [0.717, 1.165) is 25.2 Å². The van der Waals surface area contributed by atoms with Crippen molar-refractivity contribution in [2.45, 2.75) is 64.2 Å². The first-order chi connectivity index (χ1) is 14.9. The van der Waals surface area contributed by atoms with Crippen molar-refractivity contribution in [1.29, 1.82) is 0 Å². The van der Waals surface area contributed by atoms with Crippen molar-refractivity contribution >= 4 is 32.4 Å². The van der Waals surface area contributed by atoms with Gasteiger partial charge in [-0.25, -0.2) is 0 Å². The summed E-state index contributed by atoms with van der Waals surface area (Å²) >= 11 is 1.70. The summed E-state index contributed by atoms with van der Waals surface area (Å²) in [5.74, 6) is -0.0123. The summed E-state index contributed by atoms with van der Waals surface area (Å²) in [4.78, 5) is 31.4. The lowest BCUT2D eigenvalue weighted by atomic mass is 9.96. The highest BCUT2D eigenvalue weighted by Gasteiger charge is 2.28. The number of hydrogen-bond acceptors (Lipinski definition) is 5. The number of piperazine rings is 1. The minimum Gasteiger partial charge on any atom is -0.338 e. The molecule has 2 aliphatic heterocycles. The highest BCUT2D eigenvalue weighted by molar-refractivity contribution is 14.1. The molecule has 3 atom stereocenters. The van der Waals surface area contributed by atoms with Crippen LogP contribution in [-0.2, 0) is 17.8 Å². The molecule has 31 heavy (non-hydrogen) atoms. The quantitative estimate of drug-likeness (QED) is 0.315. The van der Waals surface area contributed by atoms with Gasteiger partial charge >= 0.3 is 0 Å². The molecule has 172 valence electrons. The molecule has 2 fully saturated rings. The number of likely N-dealkylation sites (tertiary alicyclic amines) is 1. The van der Waals surface area contributed by atoms with Gasteiger partial charge in [0.1, 0.15) is 6.04 Å². The molecule has 0 radical (unpaired) electrons. The van der Waals surface area contributed by atoms with Crippen LogP contribution in [-0.4, -0.2) is 75.5 Å². The summed E-state index contributed by atoms with van der Waals surface area (Å²) in [6, 6.07) is 9.21. The molecular formula is C23H36IN5O2. The molecule has 0 aromatic heterocycles. The van der Waals surface area contributed by atoms with Gasteiger partial charge in [0, 0.05) is 80.5 Å². The number of benzene rings is 1. The fraction of sp³-hybridized carbons (Fsp3) is 0.652. The number of nitrogens with zero attached hydrogens (tertiary/aromatic N) is 3. The average molecular weight is 541 g/mol. The number of carbonyl (C=O) groups is 2. The number of hydrogen-bond donors (Lipinski definition) is 2. The maximum absolute atomic E-state index is 13.1. The molecule has 1 aromatic rings. The molecule has 2 amide bonds. The van der Waals surface area contributed by atoms with Crippen LogP contribution >= 0.6 is 22.6 Å². The Bertz CT molecular complexity index is 726. The van der Waals surface area contributed by atoms with E-state index in [-0.39, 0.29) is 9.82 Å². The first kappa shape index (κ1) is 24.4. The number of nitrogens with one attached hydrogen (secondary N) is 1. The number of piperidine rings is 1. The largest absolute Gasteiger partial charge is 0.338 e. The van der Waals surface area contributed by atoms with Gasteiger partial charge in [-0.05, 0) is 37.8 Å². The highest BCUT2D eigenvalue weighted by atomic mass is 127. The maximum atomic E-state index is 13.1. The van der Waals surface area contributed by atoms with Crippen LogP contribution in [0.25, 0.3) is 0 Å². The van der Waals surface area contributed by atoms with Gasteiger partial charge in [0.25, 0.3) is 3.91 Å². The molecule has 8 heteroatoms. The van der Waals surface area contributed by atoms with Crippen molar-refractivity contribution in [3.8, 4) is 0 Å². The lowest BCUT2D eigenvalue weighted by molar-refractivity contribution is -0.134. The zero-order valence-electron chi connectivity index (χ0n) is 18.7. The second-order valence-corrected chi connectivity index (χ2v) is 9.90. The fourth-order valence-electron chi connectivity index (χ4n) is 4.72. The smallest absolute Gasteiger partial charge is 0.281 e. The minimum absolute atomic E-state index is 0.0123. The van der Waals surface area contributed by atoms with Crippen LogP contribution < -0.4 is 11.1 Å². The lowest BCUT2D eigenvalue weighted by Gasteiger charge is -2.39. The summed E-state index contributed by atoms with van der Waals surface area (Å²) < 4.78 is -0.207. The first-order valence-corrected chi connectivity index (χ1v) is 12.5. The molecular weight excluding hydrogens is 505 g/mol. The van der Waals surface area contributed by atoms with Gasteiger partial charge in [0.2, 0.25) is 5.91 Å². The normalized spacial score (nSPS) is 24.1. The predicted molar refractivity (Wildman–Crippen MR) is 132 cm³/mol. The third-order valence-corrected chi connectivity index (χ3v) is 7.04. The molecule has 2 heterocycles. The van der Waals surface area contributed by atoms with Gasteiger partial charge in [-0.3, -0.25) is 19.4 Å². The van der Waals surface area contributed by atoms with Crippen molar-refractivity contribution < 1.29 is 9.59 Å². The van der Waals surface area contributed by atoms with E-state index < -0.39 is 6.04 Å². The third kappa shape index (κ3) is 6.87. The summed E-state index contributed by atoms with van der Waals surface area (Å²) in [6.45, 7) is 8.95. The van der Waals surface area contributed by atoms with Gasteiger partial charge in [-0.15, -0.1) is 0 Å². The van der Waals surface area contributed by atoms with Crippen LogP contribution in [0.15, 0.2) is 24.3 Å². The van der Waals surface area contributed by atoms with Gasteiger partial charge in [-0.2, -0.15) is 0 Å². The zero-order valence-corrected chi connectivity index (χ0v) is 20.9. The molecule has 7 nitrogen and oxygen atoms in total. The number of amides is 2. The summed E-state index contributed by atoms with van der Waals surface area (Å²) in [5, 5.41) is 2.85. The number of nitrogens with two attached hydrogens (primary N) is 1. The molecule has 3 rings (SSSR count). The molecule has 0 unspecified atom stereocenters. The Labute approximate surface area is 199 Å². The average Bonchev–Trinajstić information content (AvgIpc) is 2.76. The number of rotatable bonds is 7. The highest BCUT2D eigenvalue weighted by Crippen LogP contribution is 2.24. The molecule has 2 aliphatic rings. The lowest BCUT2D eigenvalue weighted by Crippen LogP contribution is -2.55. The second-order valence-electron chi connectivity index (χ2n) is 8.92. The Balaban J connectivity index is 1.62. The van der Waals surface area contributed by atoms with E-state index in [0.29, 0.717) is 38.3 Å². The maximum Gasteiger partial charge on any atom is 0.281 e. The predicted octanol–water partition coefficient (Wildman–Crippen LogP) is 2.57. The summed E-state index contributed by atoms with van der Waals surface area (Å²) in [7, 11) is 0. The van der Waals surface area contributed by atoms with Crippen molar-refractivity contribution in [2.75, 3.05) is 32.8 Å². The van der Waals surface area contributed by atoms with Gasteiger partial charge in [0.15, 0.2) is 0 Å². The molecule has 0 spiro atoms. The number of carbonyl (C=O) groups excluding carboxylic acids is 2. The van der Waals surface area contributed by atoms with Crippen LogP contribution in [0, 0.1) is 0 Å². The van der Waals surface area contributed by atoms with Crippen LogP contribution in [0.3, 0.4) is 0 Å². The van der Waals surface area contributed by atoms with Gasteiger partial charge in [-0.1, -0.05) is 30.7 Å². The van der Waals surface area contributed by atoms with E-state index in [9.17, 15) is 9.59 Å². The summed E-state index contributed by atoms with van der Waals surface area (Å²) in [5.41, 5.74) is 8.06. The third-order valence-electron chi connectivity index (χ3n) is 6.73. The van der Waals surface area contributed by atoms with E-state index in [4.69, 9.17) is 5.73 Å². The van der Waals surface area contributed by atoms with E-state index in [1.807, 2.05) is 4.90 Å². The van der Waals surface area contributed by atoms with Crippen LogP contribution in [0.5, 0.6) is 0 Å². The van der Waals surface area contributed by atoms with Crippen LogP contribution in [0.2, 0.25) is 0 Å². The van der Waals surface area contributed by atoms with Crippen molar-refractivity contribution in [3.05, 3.63) is 35.4 Å². The Morgan fingerprint density at radius 2 is 1.65 bits per heavy atom. The Morgan fingerprint density at radius 3 is 2.19 bits per heavy atom. The van der Waals surface area contributed by atoms with Gasteiger partial charge in [0.05, 0.1) is 0 Å². The van der Waals surface area contributed by atoms with Crippen molar-refractivity contribution in [2.24, 2.45) is 5.73 Å². The SMILES string of the molecule is C[C@@H]1CCC[C@H](C)N1Cc1ccc(C[C@@H](NC(=O)I)C(=O)N2CCN(CN)CC2)cc1. The molecule has 0 saturated carbocycles. The Hall–Kier alpha value is -1.23. The Morgan fingerprint density at radius 1 is 1.06 bits per heavy atom. The minimum atomic E-state index is -0.540. The van der Waals surface area contributed by atoms with E-state index in [2.05, 4.69) is 53.2 Å². The van der Waals surface area contributed by atoms with Crippen LogP contribution in [0.4, 0.5) is 4.79 Å². The monoisotopic (exact) mass is 541 g/mol. The topological polar surface area (TPSA) is 81.9 Å². The van der Waals surface area contributed by atoms with E-state index in [1.165, 1.54) is 24.8 Å². The molecule has 0 aliphatic carbocycles.